The number of sulfonamides is 1. The SMILES string of the molecule is C=C[C@@H]1C[C@]1(NC(=O)[C@@H]1C[C@@H](Oc2cc(-c3csc(C(C)C)n3)nc3c(Cl)c(OC)ccc23)[C@H]2CN(C(=O)OC(C)(C)C)[C@H](C(C)(C)C)C(=O)N21)C(=O)NS(=O)(=O)C1CC1. The van der Waals surface area contributed by atoms with Crippen molar-refractivity contribution in [2.75, 3.05) is 13.7 Å². The van der Waals surface area contributed by atoms with Crippen molar-refractivity contribution in [1.29, 1.82) is 0 Å². The largest absolute Gasteiger partial charge is 0.495 e. The van der Waals surface area contributed by atoms with Crippen LogP contribution in [0.1, 0.15) is 92.0 Å². The Kier molecular flexibility index (Phi) is 11.2. The van der Waals surface area contributed by atoms with Gasteiger partial charge in [-0.2, -0.15) is 0 Å². The fourth-order valence-electron chi connectivity index (χ4n) is 8.15. The van der Waals surface area contributed by atoms with E-state index in [0.29, 0.717) is 46.6 Å². The van der Waals surface area contributed by atoms with Gasteiger partial charge < -0.3 is 24.4 Å². The third-order valence-corrected chi connectivity index (χ3v) is 14.7. The molecule has 18 heteroatoms. The van der Waals surface area contributed by atoms with Gasteiger partial charge in [-0.3, -0.25) is 24.0 Å². The number of piperazine rings is 1. The van der Waals surface area contributed by atoms with Crippen molar-refractivity contribution in [3.63, 3.8) is 0 Å². The second kappa shape index (κ2) is 15.5. The maximum atomic E-state index is 15.0. The molecule has 60 heavy (non-hydrogen) atoms. The highest BCUT2D eigenvalue weighted by Crippen LogP contribution is 2.47. The number of pyridine rings is 1. The summed E-state index contributed by atoms with van der Waals surface area (Å²) in [6.45, 7) is 18.6. The Labute approximate surface area is 359 Å². The summed E-state index contributed by atoms with van der Waals surface area (Å²) >= 11 is 8.38. The van der Waals surface area contributed by atoms with Crippen LogP contribution in [0.4, 0.5) is 4.79 Å². The second-order valence-electron chi connectivity index (χ2n) is 18.5. The first-order valence-electron chi connectivity index (χ1n) is 20.1. The number of carbonyl (C=O) groups excluding carboxylic acids is 4. The van der Waals surface area contributed by atoms with Gasteiger partial charge in [-0.1, -0.05) is 52.3 Å². The van der Waals surface area contributed by atoms with Crippen LogP contribution in [0.15, 0.2) is 36.2 Å². The molecule has 2 N–H and O–H groups in total. The van der Waals surface area contributed by atoms with Crippen LogP contribution in [0.25, 0.3) is 22.3 Å². The first-order chi connectivity index (χ1) is 28.0. The smallest absolute Gasteiger partial charge is 0.411 e. The Morgan fingerprint density at radius 2 is 1.78 bits per heavy atom. The topological polar surface area (TPSA) is 186 Å². The number of ether oxygens (including phenoxy) is 3. The molecule has 0 spiro atoms. The summed E-state index contributed by atoms with van der Waals surface area (Å²) in [6, 6.07) is 2.10. The van der Waals surface area contributed by atoms with Crippen LogP contribution in [-0.2, 0) is 29.1 Å². The summed E-state index contributed by atoms with van der Waals surface area (Å²) in [5.41, 5.74) is -1.82. The molecule has 2 aliphatic carbocycles. The number of hydrogen-bond donors (Lipinski definition) is 2. The van der Waals surface area contributed by atoms with Crippen LogP contribution in [0.5, 0.6) is 11.5 Å². The predicted molar refractivity (Wildman–Crippen MR) is 227 cm³/mol. The Morgan fingerprint density at radius 1 is 1.08 bits per heavy atom. The minimum Gasteiger partial charge on any atom is -0.495 e. The number of nitrogens with zero attached hydrogens (tertiary/aromatic N) is 4. The lowest BCUT2D eigenvalue weighted by atomic mass is 9.82. The normalized spacial score (nSPS) is 25.5. The van der Waals surface area contributed by atoms with Crippen LogP contribution in [0.2, 0.25) is 5.02 Å². The number of thiazole rings is 1. The van der Waals surface area contributed by atoms with E-state index in [-0.39, 0.29) is 30.3 Å². The van der Waals surface area contributed by atoms with Crippen LogP contribution in [-0.4, -0.2) is 106 Å². The molecular formula is C42H53ClN6O9S2. The minimum absolute atomic E-state index is 0.0463. The van der Waals surface area contributed by atoms with Crippen molar-refractivity contribution in [3.05, 3.63) is 46.3 Å². The highest BCUT2D eigenvalue weighted by Gasteiger charge is 2.64. The molecule has 0 bridgehead atoms. The molecule has 4 heterocycles. The van der Waals surface area contributed by atoms with E-state index >= 15 is 0 Å². The average Bonchev–Trinajstić information content (AvgIpc) is 4.04. The van der Waals surface area contributed by atoms with Gasteiger partial charge in [-0.05, 0) is 57.6 Å². The monoisotopic (exact) mass is 884 g/mol. The molecule has 6 atom stereocenters. The zero-order chi connectivity index (χ0) is 43.9. The maximum absolute atomic E-state index is 15.0. The average molecular weight is 886 g/mol. The molecule has 15 nitrogen and oxygen atoms in total. The van der Waals surface area contributed by atoms with E-state index in [4.69, 9.17) is 35.8 Å². The lowest BCUT2D eigenvalue weighted by molar-refractivity contribution is -0.155. The van der Waals surface area contributed by atoms with Gasteiger partial charge in [0.05, 0.1) is 34.6 Å². The number of aromatic nitrogens is 2. The first kappa shape index (κ1) is 43.6. The van der Waals surface area contributed by atoms with E-state index in [1.807, 2.05) is 40.0 Å². The fourth-order valence-corrected chi connectivity index (χ4v) is 10.6. The standard InChI is InChI=1S/C42H53ClN6O9S2/c1-11-22-18-42(22,38(52)47-60(54,55)23-12-13-23)46-35(50)27-17-31(28-19-48(39(53)58-41(7,8)9)34(40(4,5)6)37(51)49(27)28)57-30-16-25(26-20-59-36(45-26)21(2)3)44-33-24(30)14-15-29(56-10)32(33)43/h11,14-16,20-23,27-28,31,34H,1,12-13,17-19H2,2-10H3,(H,46,50)(H,47,52)/t22-,27+,28-,31-,34+,42-/m1/s1. The van der Waals surface area contributed by atoms with Gasteiger partial charge in [0.1, 0.15) is 51.5 Å². The number of hydrogen-bond acceptors (Lipinski definition) is 12. The number of methoxy groups -OCH3 is 1. The van der Waals surface area contributed by atoms with E-state index in [0.717, 1.165) is 5.01 Å². The summed E-state index contributed by atoms with van der Waals surface area (Å²) in [7, 11) is -2.43. The number of nitrogens with one attached hydrogen (secondary N) is 2. The Morgan fingerprint density at radius 3 is 2.35 bits per heavy atom. The molecule has 324 valence electrons. The highest BCUT2D eigenvalue weighted by atomic mass is 35.5. The van der Waals surface area contributed by atoms with E-state index < -0.39 is 85.8 Å². The third-order valence-electron chi connectivity index (χ3n) is 11.4. The van der Waals surface area contributed by atoms with Gasteiger partial charge in [0.15, 0.2) is 0 Å². The molecule has 2 aromatic heterocycles. The van der Waals surface area contributed by atoms with Gasteiger partial charge >= 0.3 is 6.09 Å². The quantitative estimate of drug-likeness (QED) is 0.209. The summed E-state index contributed by atoms with van der Waals surface area (Å²) in [5.74, 6) is -1.66. The van der Waals surface area contributed by atoms with Crippen LogP contribution in [0, 0.1) is 11.3 Å². The first-order valence-corrected chi connectivity index (χ1v) is 22.9. The third kappa shape index (κ3) is 8.16. The molecule has 4 amide bonds. The summed E-state index contributed by atoms with van der Waals surface area (Å²) in [6.07, 6.45) is 0.885. The molecule has 2 saturated heterocycles. The molecule has 2 saturated carbocycles. The Hall–Kier alpha value is -4.48. The second-order valence-corrected chi connectivity index (χ2v) is 21.7. The molecule has 1 aromatic carbocycles. The predicted octanol–water partition coefficient (Wildman–Crippen LogP) is 6.20. The number of carbonyl (C=O) groups is 4. The molecule has 4 fully saturated rings. The highest BCUT2D eigenvalue weighted by molar-refractivity contribution is 7.91. The summed E-state index contributed by atoms with van der Waals surface area (Å²) in [4.78, 5) is 69.9. The van der Waals surface area contributed by atoms with Crippen LogP contribution < -0.4 is 19.5 Å². The van der Waals surface area contributed by atoms with Crippen molar-refractivity contribution in [2.45, 2.75) is 128 Å². The number of rotatable bonds is 11. The summed E-state index contributed by atoms with van der Waals surface area (Å²) < 4.78 is 46.2. The molecule has 3 aromatic rings. The number of amides is 4. The number of fused-ring (bicyclic) bond motifs is 2. The fraction of sp³-hybridized carbons (Fsp3) is 0.571. The van der Waals surface area contributed by atoms with Gasteiger partial charge in [0.25, 0.3) is 5.91 Å². The van der Waals surface area contributed by atoms with Gasteiger partial charge in [0, 0.05) is 41.6 Å². The van der Waals surface area contributed by atoms with Gasteiger partial charge in [0.2, 0.25) is 21.8 Å². The minimum atomic E-state index is -3.94. The number of halogens is 1. The molecule has 0 unspecified atom stereocenters. The van der Waals surface area contributed by atoms with Crippen molar-refractivity contribution in [3.8, 4) is 22.9 Å². The van der Waals surface area contributed by atoms with Gasteiger partial charge in [-0.25, -0.2) is 23.2 Å². The van der Waals surface area contributed by atoms with Gasteiger partial charge in [-0.15, -0.1) is 17.9 Å². The molecule has 2 aliphatic heterocycles. The molecule has 0 radical (unpaired) electrons. The Balaban J connectivity index is 1.31. The maximum Gasteiger partial charge on any atom is 0.411 e. The van der Waals surface area contributed by atoms with E-state index in [1.54, 1.807) is 39.0 Å². The summed E-state index contributed by atoms with van der Waals surface area (Å²) in [5, 5.41) is 5.78. The lowest BCUT2D eigenvalue weighted by Crippen LogP contribution is -2.69. The van der Waals surface area contributed by atoms with Crippen molar-refractivity contribution in [2.24, 2.45) is 11.3 Å². The van der Waals surface area contributed by atoms with E-state index in [9.17, 15) is 27.6 Å². The van der Waals surface area contributed by atoms with E-state index in [1.165, 1.54) is 34.3 Å². The zero-order valence-corrected chi connectivity index (χ0v) is 37.7. The van der Waals surface area contributed by atoms with E-state index in [2.05, 4.69) is 16.6 Å². The van der Waals surface area contributed by atoms with Crippen molar-refractivity contribution < 1.29 is 41.8 Å². The zero-order valence-electron chi connectivity index (χ0n) is 35.3. The number of benzene rings is 1. The lowest BCUT2D eigenvalue weighted by Gasteiger charge is -2.49. The van der Waals surface area contributed by atoms with Crippen LogP contribution in [0.3, 0.4) is 0 Å². The van der Waals surface area contributed by atoms with Crippen molar-refractivity contribution >= 4 is 67.7 Å². The Bertz CT molecular complexity index is 2370. The molecular weight excluding hydrogens is 832 g/mol. The van der Waals surface area contributed by atoms with Crippen LogP contribution >= 0.6 is 22.9 Å². The molecule has 7 rings (SSSR count). The molecule has 4 aliphatic rings. The van der Waals surface area contributed by atoms with Crippen molar-refractivity contribution in [1.82, 2.24) is 29.8 Å².